The van der Waals surface area contributed by atoms with E-state index in [4.69, 9.17) is 10.5 Å². The number of nitrogens with zero attached hydrogens (tertiary/aromatic N) is 3. The predicted octanol–water partition coefficient (Wildman–Crippen LogP) is 2.33. The molecule has 2 N–H and O–H groups in total. The molecule has 7 nitrogen and oxygen atoms in total. The maximum atomic E-state index is 13.1. The van der Waals surface area contributed by atoms with Crippen LogP contribution in [0.15, 0.2) is 30.3 Å². The Labute approximate surface area is 159 Å². The van der Waals surface area contributed by atoms with Crippen LogP contribution in [0.1, 0.15) is 28.2 Å². The second-order valence-corrected chi connectivity index (χ2v) is 6.79. The van der Waals surface area contributed by atoms with Gasteiger partial charge < -0.3 is 24.8 Å². The number of carbonyl (C=O) groups excluding carboxylic acids is 2. The van der Waals surface area contributed by atoms with E-state index >= 15 is 0 Å². The molecule has 7 heteroatoms. The molecule has 27 heavy (non-hydrogen) atoms. The minimum Gasteiger partial charge on any atom is -0.497 e. The van der Waals surface area contributed by atoms with Crippen molar-refractivity contribution in [2.45, 2.75) is 20.3 Å². The number of methoxy groups -OCH3 is 1. The average Bonchev–Trinajstić information content (AvgIpc) is 2.84. The van der Waals surface area contributed by atoms with Gasteiger partial charge >= 0.3 is 6.03 Å². The highest BCUT2D eigenvalue weighted by atomic mass is 16.5. The fourth-order valence-electron chi connectivity index (χ4n) is 3.62. The quantitative estimate of drug-likeness (QED) is 0.900. The van der Waals surface area contributed by atoms with Crippen molar-refractivity contribution >= 4 is 11.9 Å². The molecule has 1 aromatic heterocycles. The molecule has 1 aliphatic rings. The number of carbonyl (C=O) groups is 2. The van der Waals surface area contributed by atoms with Gasteiger partial charge in [0.25, 0.3) is 5.91 Å². The van der Waals surface area contributed by atoms with Gasteiger partial charge in [-0.05, 0) is 50.6 Å². The van der Waals surface area contributed by atoms with Crippen molar-refractivity contribution in [3.63, 3.8) is 0 Å². The Morgan fingerprint density at radius 3 is 2.26 bits per heavy atom. The number of hydrogen-bond acceptors (Lipinski definition) is 3. The Morgan fingerprint density at radius 1 is 1.00 bits per heavy atom. The van der Waals surface area contributed by atoms with Gasteiger partial charge in [-0.1, -0.05) is 0 Å². The third-order valence-corrected chi connectivity index (χ3v) is 5.09. The summed E-state index contributed by atoms with van der Waals surface area (Å²) in [6.45, 7) is 6.12. The molecule has 1 aliphatic heterocycles. The zero-order valence-corrected chi connectivity index (χ0v) is 16.1. The summed E-state index contributed by atoms with van der Waals surface area (Å²) in [5, 5.41) is 0. The van der Waals surface area contributed by atoms with E-state index < -0.39 is 6.03 Å². The second kappa shape index (κ2) is 7.73. The minimum absolute atomic E-state index is 0.00539. The Kier molecular flexibility index (Phi) is 5.39. The number of aryl methyl sites for hydroxylation is 1. The fourth-order valence-corrected chi connectivity index (χ4v) is 3.62. The van der Waals surface area contributed by atoms with Crippen LogP contribution in [-0.2, 0) is 0 Å². The average molecular weight is 370 g/mol. The molecule has 0 radical (unpaired) electrons. The van der Waals surface area contributed by atoms with Crippen LogP contribution in [0, 0.1) is 13.8 Å². The molecule has 1 saturated heterocycles. The number of primary amides is 1. The fraction of sp³-hybridized carbons (Fsp3) is 0.400. The van der Waals surface area contributed by atoms with Crippen LogP contribution >= 0.6 is 0 Å². The van der Waals surface area contributed by atoms with Crippen molar-refractivity contribution in [1.82, 2.24) is 14.4 Å². The molecule has 0 bridgehead atoms. The van der Waals surface area contributed by atoms with Gasteiger partial charge in [-0.2, -0.15) is 0 Å². The first-order valence-corrected chi connectivity index (χ1v) is 9.09. The molecule has 0 spiro atoms. The molecule has 0 saturated carbocycles. The van der Waals surface area contributed by atoms with Crippen LogP contribution in [0.5, 0.6) is 5.75 Å². The molecule has 3 amide bonds. The van der Waals surface area contributed by atoms with Crippen molar-refractivity contribution in [3.05, 3.63) is 47.3 Å². The van der Waals surface area contributed by atoms with Gasteiger partial charge in [0.2, 0.25) is 0 Å². The topological polar surface area (TPSA) is 80.8 Å². The number of ether oxygens (including phenoxy) is 1. The summed E-state index contributed by atoms with van der Waals surface area (Å²) in [4.78, 5) is 27.9. The molecular weight excluding hydrogens is 344 g/mol. The number of benzene rings is 1. The summed E-state index contributed by atoms with van der Waals surface area (Å²) in [5.74, 6) is 0.787. The van der Waals surface area contributed by atoms with E-state index in [0.717, 1.165) is 29.2 Å². The standard InChI is InChI=1S/C20H26N4O3/c1-14-13-18(15(2)24(14)16-5-7-17(27-3)8-6-16)19(25)22-9-4-10-23(12-11-22)20(21)26/h5-8,13H,4,9-12H2,1-3H3,(H2,21,26). The van der Waals surface area contributed by atoms with Crippen LogP contribution < -0.4 is 10.5 Å². The Hall–Kier alpha value is -2.96. The first kappa shape index (κ1) is 18.8. The molecule has 0 atom stereocenters. The smallest absolute Gasteiger partial charge is 0.314 e. The minimum atomic E-state index is -0.429. The summed E-state index contributed by atoms with van der Waals surface area (Å²) < 4.78 is 7.29. The van der Waals surface area contributed by atoms with Gasteiger partial charge in [0.1, 0.15) is 5.75 Å². The van der Waals surface area contributed by atoms with E-state index in [-0.39, 0.29) is 5.91 Å². The third-order valence-electron chi connectivity index (χ3n) is 5.09. The maximum absolute atomic E-state index is 13.1. The molecule has 1 aromatic carbocycles. The summed E-state index contributed by atoms with van der Waals surface area (Å²) in [7, 11) is 1.64. The highest BCUT2D eigenvalue weighted by molar-refractivity contribution is 5.96. The normalized spacial score (nSPS) is 14.8. The lowest BCUT2D eigenvalue weighted by Gasteiger charge is -2.21. The van der Waals surface area contributed by atoms with Gasteiger partial charge in [0.15, 0.2) is 0 Å². The van der Waals surface area contributed by atoms with Crippen molar-refractivity contribution < 1.29 is 14.3 Å². The molecule has 0 aliphatic carbocycles. The zero-order chi connectivity index (χ0) is 19.6. The van der Waals surface area contributed by atoms with Gasteiger partial charge in [-0.3, -0.25) is 4.79 Å². The van der Waals surface area contributed by atoms with Crippen LogP contribution in [0.2, 0.25) is 0 Å². The summed E-state index contributed by atoms with van der Waals surface area (Å²) in [5.41, 5.74) is 8.95. The first-order chi connectivity index (χ1) is 12.9. The molecule has 2 aromatic rings. The van der Waals surface area contributed by atoms with Gasteiger partial charge in [0, 0.05) is 43.3 Å². The number of hydrogen-bond donors (Lipinski definition) is 1. The van der Waals surface area contributed by atoms with E-state index in [1.807, 2.05) is 49.1 Å². The van der Waals surface area contributed by atoms with Crippen molar-refractivity contribution in [2.24, 2.45) is 5.73 Å². The van der Waals surface area contributed by atoms with E-state index in [2.05, 4.69) is 4.57 Å². The maximum Gasteiger partial charge on any atom is 0.314 e. The Balaban J connectivity index is 1.84. The van der Waals surface area contributed by atoms with Crippen molar-refractivity contribution in [2.75, 3.05) is 33.3 Å². The third kappa shape index (κ3) is 3.77. The van der Waals surface area contributed by atoms with Crippen LogP contribution in [0.4, 0.5) is 4.79 Å². The van der Waals surface area contributed by atoms with E-state index in [9.17, 15) is 9.59 Å². The Bertz CT molecular complexity index is 842. The van der Waals surface area contributed by atoms with Gasteiger partial charge in [-0.25, -0.2) is 4.79 Å². The molecule has 2 heterocycles. The van der Waals surface area contributed by atoms with Crippen molar-refractivity contribution in [3.8, 4) is 11.4 Å². The number of amides is 3. The van der Waals surface area contributed by atoms with Crippen LogP contribution in [0.3, 0.4) is 0 Å². The van der Waals surface area contributed by atoms with Gasteiger partial charge in [-0.15, -0.1) is 0 Å². The molecular formula is C20H26N4O3. The van der Waals surface area contributed by atoms with Crippen LogP contribution in [-0.4, -0.2) is 59.6 Å². The number of aromatic nitrogens is 1. The van der Waals surface area contributed by atoms with Crippen molar-refractivity contribution in [1.29, 1.82) is 0 Å². The van der Waals surface area contributed by atoms with Crippen LogP contribution in [0.25, 0.3) is 5.69 Å². The second-order valence-electron chi connectivity index (χ2n) is 6.79. The molecule has 144 valence electrons. The highest BCUT2D eigenvalue weighted by Gasteiger charge is 2.25. The molecule has 1 fully saturated rings. The zero-order valence-electron chi connectivity index (χ0n) is 16.1. The number of urea groups is 1. The lowest BCUT2D eigenvalue weighted by molar-refractivity contribution is 0.0762. The number of nitrogens with two attached hydrogens (primary N) is 1. The summed E-state index contributed by atoms with van der Waals surface area (Å²) in [6.07, 6.45) is 0.728. The Morgan fingerprint density at radius 2 is 1.63 bits per heavy atom. The molecule has 3 rings (SSSR count). The monoisotopic (exact) mass is 370 g/mol. The summed E-state index contributed by atoms with van der Waals surface area (Å²) >= 11 is 0. The SMILES string of the molecule is COc1ccc(-n2c(C)cc(C(=O)N3CCCN(C(N)=O)CC3)c2C)cc1. The van der Waals surface area contributed by atoms with E-state index in [1.54, 1.807) is 12.0 Å². The number of rotatable bonds is 3. The first-order valence-electron chi connectivity index (χ1n) is 9.09. The van der Waals surface area contributed by atoms with Gasteiger partial charge in [0.05, 0.1) is 12.7 Å². The molecule has 0 unspecified atom stereocenters. The lowest BCUT2D eigenvalue weighted by atomic mass is 10.2. The van der Waals surface area contributed by atoms with E-state index in [1.165, 1.54) is 0 Å². The largest absolute Gasteiger partial charge is 0.497 e. The summed E-state index contributed by atoms with van der Waals surface area (Å²) in [6, 6.07) is 9.26. The predicted molar refractivity (Wildman–Crippen MR) is 103 cm³/mol. The van der Waals surface area contributed by atoms with E-state index in [0.29, 0.717) is 31.7 Å². The lowest BCUT2D eigenvalue weighted by Crippen LogP contribution is -2.39. The highest BCUT2D eigenvalue weighted by Crippen LogP contribution is 2.24.